The molecular formula is C22H30N4O3. The van der Waals surface area contributed by atoms with E-state index in [1.807, 2.05) is 36.1 Å². The summed E-state index contributed by atoms with van der Waals surface area (Å²) < 4.78 is 10.7. The first kappa shape index (κ1) is 20.0. The highest BCUT2D eigenvalue weighted by atomic mass is 16.5. The summed E-state index contributed by atoms with van der Waals surface area (Å²) in [6.45, 7) is 5.60. The van der Waals surface area contributed by atoms with Crippen molar-refractivity contribution in [2.24, 2.45) is 5.41 Å². The van der Waals surface area contributed by atoms with Crippen molar-refractivity contribution in [3.8, 4) is 11.4 Å². The van der Waals surface area contributed by atoms with Gasteiger partial charge >= 0.3 is 0 Å². The first-order chi connectivity index (χ1) is 14.0. The van der Waals surface area contributed by atoms with Crippen molar-refractivity contribution in [2.45, 2.75) is 38.6 Å². The summed E-state index contributed by atoms with van der Waals surface area (Å²) in [6, 6.07) is 8.51. The van der Waals surface area contributed by atoms with Gasteiger partial charge in [0, 0.05) is 56.6 Å². The number of hydrogen-bond donors (Lipinski definition) is 0. The fraction of sp³-hybridized carbons (Fsp3) is 0.591. The summed E-state index contributed by atoms with van der Waals surface area (Å²) in [5.74, 6) is 1.42. The summed E-state index contributed by atoms with van der Waals surface area (Å²) in [5, 5.41) is 4.06. The molecule has 1 atom stereocenters. The summed E-state index contributed by atoms with van der Waals surface area (Å²) >= 11 is 0. The lowest BCUT2D eigenvalue weighted by atomic mass is 9.77. The number of benzene rings is 1. The number of nitrogens with zero attached hydrogens (tertiary/aromatic N) is 4. The molecule has 2 saturated heterocycles. The predicted molar refractivity (Wildman–Crippen MR) is 109 cm³/mol. The van der Waals surface area contributed by atoms with Crippen molar-refractivity contribution < 1.29 is 14.1 Å². The number of aromatic nitrogens is 2. The largest absolute Gasteiger partial charge is 0.383 e. The third-order valence-electron chi connectivity index (χ3n) is 6.20. The van der Waals surface area contributed by atoms with Gasteiger partial charge in [-0.1, -0.05) is 35.0 Å². The highest BCUT2D eigenvalue weighted by Crippen LogP contribution is 2.42. The van der Waals surface area contributed by atoms with Crippen LogP contribution >= 0.6 is 0 Å². The molecule has 0 N–H and O–H groups in total. The van der Waals surface area contributed by atoms with Crippen LogP contribution in [0.1, 0.15) is 30.7 Å². The Labute approximate surface area is 172 Å². The second kappa shape index (κ2) is 8.24. The lowest BCUT2D eigenvalue weighted by Crippen LogP contribution is -2.59. The number of methoxy groups -OCH3 is 1. The van der Waals surface area contributed by atoms with Gasteiger partial charge in [-0.2, -0.15) is 4.98 Å². The molecule has 4 rings (SSSR count). The molecule has 0 radical (unpaired) electrons. The van der Waals surface area contributed by atoms with E-state index < -0.39 is 0 Å². The Morgan fingerprint density at radius 1 is 1.28 bits per heavy atom. The molecule has 156 valence electrons. The zero-order valence-electron chi connectivity index (χ0n) is 17.6. The van der Waals surface area contributed by atoms with Gasteiger partial charge in [-0.3, -0.25) is 4.79 Å². The Bertz CT molecular complexity index is 842. The summed E-state index contributed by atoms with van der Waals surface area (Å²) in [7, 11) is 3.90. The van der Waals surface area contributed by atoms with Crippen LogP contribution in [0.2, 0.25) is 0 Å². The van der Waals surface area contributed by atoms with E-state index in [-0.39, 0.29) is 11.3 Å². The maximum atomic E-state index is 12.5. The number of hydrogen-bond acceptors (Lipinski definition) is 6. The number of ether oxygens (including phenoxy) is 1. The van der Waals surface area contributed by atoms with Crippen LogP contribution in [0.25, 0.3) is 11.4 Å². The predicted octanol–water partition coefficient (Wildman–Crippen LogP) is 2.55. The van der Waals surface area contributed by atoms with E-state index in [9.17, 15) is 4.79 Å². The Hall–Kier alpha value is -2.25. The monoisotopic (exact) mass is 398 g/mol. The van der Waals surface area contributed by atoms with Gasteiger partial charge in [-0.25, -0.2) is 0 Å². The molecule has 2 fully saturated rings. The molecular weight excluding hydrogens is 368 g/mol. The zero-order chi connectivity index (χ0) is 20.4. The van der Waals surface area contributed by atoms with Crippen LogP contribution in [0.5, 0.6) is 0 Å². The minimum absolute atomic E-state index is 0.228. The van der Waals surface area contributed by atoms with Crippen molar-refractivity contribution in [1.82, 2.24) is 19.9 Å². The van der Waals surface area contributed by atoms with E-state index in [1.54, 1.807) is 7.11 Å². The van der Waals surface area contributed by atoms with Crippen molar-refractivity contribution in [2.75, 3.05) is 40.4 Å². The van der Waals surface area contributed by atoms with Gasteiger partial charge < -0.3 is 19.1 Å². The first-order valence-electron chi connectivity index (χ1n) is 10.3. The van der Waals surface area contributed by atoms with E-state index in [0.717, 1.165) is 44.6 Å². The number of amides is 1. The Morgan fingerprint density at radius 2 is 2.03 bits per heavy atom. The third kappa shape index (κ3) is 4.36. The summed E-state index contributed by atoms with van der Waals surface area (Å²) in [4.78, 5) is 21.3. The SMILES string of the molecule is COCC1CC2(CN(C(=O)CCCc3nc(-c4ccc(C)cc4)no3)C2)CN1C. The molecule has 1 unspecified atom stereocenters. The van der Waals surface area contributed by atoms with Gasteiger partial charge in [0.15, 0.2) is 0 Å². The Morgan fingerprint density at radius 3 is 2.76 bits per heavy atom. The van der Waals surface area contributed by atoms with Gasteiger partial charge in [-0.15, -0.1) is 0 Å². The van der Waals surface area contributed by atoms with E-state index in [1.165, 1.54) is 5.56 Å². The number of aryl methyl sites for hydroxylation is 2. The highest BCUT2D eigenvalue weighted by molar-refractivity contribution is 5.77. The van der Waals surface area contributed by atoms with Crippen LogP contribution in [0.3, 0.4) is 0 Å². The second-order valence-corrected chi connectivity index (χ2v) is 8.71. The quantitative estimate of drug-likeness (QED) is 0.714. The number of likely N-dealkylation sites (tertiary alicyclic amines) is 2. The van der Waals surface area contributed by atoms with E-state index in [0.29, 0.717) is 30.6 Å². The van der Waals surface area contributed by atoms with Crippen LogP contribution in [0.15, 0.2) is 28.8 Å². The van der Waals surface area contributed by atoms with E-state index >= 15 is 0 Å². The molecule has 1 amide bonds. The second-order valence-electron chi connectivity index (χ2n) is 8.71. The van der Waals surface area contributed by atoms with Crippen LogP contribution in [0, 0.1) is 12.3 Å². The molecule has 0 aliphatic carbocycles. The topological polar surface area (TPSA) is 71.7 Å². The average Bonchev–Trinajstić information content (AvgIpc) is 3.26. The van der Waals surface area contributed by atoms with Crippen molar-refractivity contribution in [3.63, 3.8) is 0 Å². The first-order valence-corrected chi connectivity index (χ1v) is 10.3. The molecule has 2 aliphatic rings. The van der Waals surface area contributed by atoms with Crippen LogP contribution in [0.4, 0.5) is 0 Å². The highest BCUT2D eigenvalue weighted by Gasteiger charge is 2.51. The van der Waals surface area contributed by atoms with Crippen LogP contribution in [-0.4, -0.2) is 72.3 Å². The molecule has 1 aromatic carbocycles. The van der Waals surface area contributed by atoms with Gasteiger partial charge in [0.2, 0.25) is 17.6 Å². The van der Waals surface area contributed by atoms with Gasteiger partial charge in [0.25, 0.3) is 0 Å². The minimum Gasteiger partial charge on any atom is -0.383 e. The molecule has 2 aromatic rings. The third-order valence-corrected chi connectivity index (χ3v) is 6.20. The Kier molecular flexibility index (Phi) is 5.69. The smallest absolute Gasteiger partial charge is 0.226 e. The normalized spacial score (nSPS) is 20.9. The van der Waals surface area contributed by atoms with Gasteiger partial charge in [0.1, 0.15) is 0 Å². The lowest BCUT2D eigenvalue weighted by molar-refractivity contribution is -0.142. The molecule has 2 aliphatic heterocycles. The summed E-state index contributed by atoms with van der Waals surface area (Å²) in [5.41, 5.74) is 2.41. The molecule has 0 saturated carbocycles. The maximum Gasteiger partial charge on any atom is 0.226 e. The fourth-order valence-electron chi connectivity index (χ4n) is 4.65. The molecule has 1 spiro atoms. The molecule has 7 nitrogen and oxygen atoms in total. The number of likely N-dealkylation sites (N-methyl/N-ethyl adjacent to an activating group) is 1. The maximum absolute atomic E-state index is 12.5. The van der Waals surface area contributed by atoms with Crippen LogP contribution < -0.4 is 0 Å². The molecule has 0 bridgehead atoms. The average molecular weight is 399 g/mol. The molecule has 3 heterocycles. The van der Waals surface area contributed by atoms with E-state index in [4.69, 9.17) is 9.26 Å². The van der Waals surface area contributed by atoms with Crippen molar-refractivity contribution >= 4 is 5.91 Å². The minimum atomic E-state index is 0.228. The molecule has 7 heteroatoms. The van der Waals surface area contributed by atoms with E-state index in [2.05, 4.69) is 22.1 Å². The van der Waals surface area contributed by atoms with Gasteiger partial charge in [0.05, 0.1) is 6.61 Å². The lowest BCUT2D eigenvalue weighted by Gasteiger charge is -2.48. The zero-order valence-corrected chi connectivity index (χ0v) is 17.6. The Balaban J connectivity index is 1.21. The number of carbonyl (C=O) groups excluding carboxylic acids is 1. The fourth-order valence-corrected chi connectivity index (χ4v) is 4.65. The van der Waals surface area contributed by atoms with Gasteiger partial charge in [-0.05, 0) is 26.8 Å². The summed E-state index contributed by atoms with van der Waals surface area (Å²) in [6.07, 6.45) is 2.99. The standard InChI is InChI=1S/C22H30N4O3/c1-16-7-9-17(10-8-16)21-23-19(29-24-21)5-4-6-20(27)26-14-22(15-26)11-18(12-28-3)25(2)13-22/h7-10,18H,4-6,11-15H2,1-3H3. The van der Waals surface area contributed by atoms with Crippen LogP contribution in [-0.2, 0) is 16.0 Å². The number of rotatable bonds is 7. The molecule has 1 aromatic heterocycles. The van der Waals surface area contributed by atoms with Crippen molar-refractivity contribution in [1.29, 1.82) is 0 Å². The number of carbonyl (C=O) groups is 1. The molecule has 29 heavy (non-hydrogen) atoms. The van der Waals surface area contributed by atoms with Crippen molar-refractivity contribution in [3.05, 3.63) is 35.7 Å².